The molecule has 2 aliphatic rings. The van der Waals surface area contributed by atoms with Gasteiger partial charge in [0.1, 0.15) is 0 Å². The van der Waals surface area contributed by atoms with Crippen molar-refractivity contribution in [2.24, 2.45) is 0 Å². The van der Waals surface area contributed by atoms with E-state index in [-0.39, 0.29) is 18.2 Å². The molecule has 0 radical (unpaired) electrons. The number of sulfonamides is 1. The van der Waals surface area contributed by atoms with Gasteiger partial charge < -0.3 is 10.6 Å². The van der Waals surface area contributed by atoms with E-state index in [4.69, 9.17) is 0 Å². The zero-order valence-electron chi connectivity index (χ0n) is 13.8. The Labute approximate surface area is 143 Å². The summed E-state index contributed by atoms with van der Waals surface area (Å²) in [5, 5.41) is 6.09. The Bertz CT molecular complexity index is 678. The maximum atomic E-state index is 12.5. The average Bonchev–Trinajstić information content (AvgIpc) is 3.28. The first-order valence-corrected chi connectivity index (χ1v) is 10.2. The third kappa shape index (κ3) is 3.96. The summed E-state index contributed by atoms with van der Waals surface area (Å²) in [4.78, 5) is 12.5. The third-order valence-electron chi connectivity index (χ3n) is 4.81. The number of nitrogens with zero attached hydrogens (tertiary/aromatic N) is 1. The SMILES string of the molecule is O=C(NCCS(=O)(=O)N1CCCC1)c1ccccc1[C@@H]1CCNC1. The molecule has 0 unspecified atom stereocenters. The van der Waals surface area contributed by atoms with Crippen molar-refractivity contribution in [3.8, 4) is 0 Å². The van der Waals surface area contributed by atoms with Crippen LogP contribution in [-0.4, -0.2) is 57.1 Å². The minimum atomic E-state index is -3.26. The molecule has 0 saturated carbocycles. The molecule has 1 aromatic carbocycles. The Hall–Kier alpha value is -1.44. The fourth-order valence-corrected chi connectivity index (χ4v) is 4.90. The van der Waals surface area contributed by atoms with Crippen LogP contribution < -0.4 is 10.6 Å². The lowest BCUT2D eigenvalue weighted by atomic mass is 9.93. The second-order valence-corrected chi connectivity index (χ2v) is 8.54. The third-order valence-corrected chi connectivity index (χ3v) is 6.68. The summed E-state index contributed by atoms with van der Waals surface area (Å²) >= 11 is 0. The number of amides is 1. The van der Waals surface area contributed by atoms with E-state index in [0.717, 1.165) is 37.9 Å². The number of carbonyl (C=O) groups is 1. The van der Waals surface area contributed by atoms with Crippen molar-refractivity contribution in [1.82, 2.24) is 14.9 Å². The predicted octanol–water partition coefficient (Wildman–Crippen LogP) is 0.919. The van der Waals surface area contributed by atoms with Gasteiger partial charge in [-0.05, 0) is 43.4 Å². The molecule has 0 spiro atoms. The molecule has 3 rings (SSSR count). The Kier molecular flexibility index (Phi) is 5.53. The first-order valence-electron chi connectivity index (χ1n) is 8.63. The summed E-state index contributed by atoms with van der Waals surface area (Å²) in [6, 6.07) is 7.61. The first-order chi connectivity index (χ1) is 11.6. The minimum Gasteiger partial charge on any atom is -0.351 e. The topological polar surface area (TPSA) is 78.5 Å². The summed E-state index contributed by atoms with van der Waals surface area (Å²) in [5.41, 5.74) is 1.70. The van der Waals surface area contributed by atoms with Gasteiger partial charge in [0.15, 0.2) is 0 Å². The van der Waals surface area contributed by atoms with Crippen LogP contribution in [-0.2, 0) is 10.0 Å². The monoisotopic (exact) mass is 351 g/mol. The molecule has 132 valence electrons. The van der Waals surface area contributed by atoms with Crippen molar-refractivity contribution < 1.29 is 13.2 Å². The number of carbonyl (C=O) groups excluding carboxylic acids is 1. The van der Waals surface area contributed by atoms with Crippen LogP contribution >= 0.6 is 0 Å². The molecular formula is C17H25N3O3S. The molecule has 1 atom stereocenters. The number of rotatable bonds is 6. The second kappa shape index (κ2) is 7.63. The number of hydrogen-bond acceptors (Lipinski definition) is 4. The minimum absolute atomic E-state index is 0.0358. The lowest BCUT2D eigenvalue weighted by Crippen LogP contribution is -2.36. The van der Waals surface area contributed by atoms with Gasteiger partial charge in [-0.25, -0.2) is 12.7 Å². The fraction of sp³-hybridized carbons (Fsp3) is 0.588. The van der Waals surface area contributed by atoms with Crippen LogP contribution in [0.1, 0.15) is 41.1 Å². The van der Waals surface area contributed by atoms with Crippen molar-refractivity contribution in [2.45, 2.75) is 25.2 Å². The maximum Gasteiger partial charge on any atom is 0.251 e. The van der Waals surface area contributed by atoms with Crippen LogP contribution in [0.5, 0.6) is 0 Å². The van der Waals surface area contributed by atoms with E-state index < -0.39 is 10.0 Å². The zero-order chi connectivity index (χ0) is 17.0. The molecular weight excluding hydrogens is 326 g/mol. The van der Waals surface area contributed by atoms with Gasteiger partial charge in [-0.1, -0.05) is 18.2 Å². The van der Waals surface area contributed by atoms with Crippen molar-refractivity contribution in [1.29, 1.82) is 0 Å². The quantitative estimate of drug-likeness (QED) is 0.799. The van der Waals surface area contributed by atoms with Crippen LogP contribution in [0.25, 0.3) is 0 Å². The summed E-state index contributed by atoms with van der Waals surface area (Å²) in [6.45, 7) is 3.21. The van der Waals surface area contributed by atoms with Gasteiger partial charge >= 0.3 is 0 Å². The lowest BCUT2D eigenvalue weighted by Gasteiger charge is -2.17. The molecule has 0 aliphatic carbocycles. The zero-order valence-corrected chi connectivity index (χ0v) is 14.6. The standard InChI is InChI=1S/C17H25N3O3S/c21-17(19-9-12-24(22,23)20-10-3-4-11-20)16-6-2-1-5-15(16)14-7-8-18-13-14/h1-2,5-6,14,18H,3-4,7-13H2,(H,19,21)/t14-/m1/s1. The van der Waals surface area contributed by atoms with Crippen LogP contribution in [0, 0.1) is 0 Å². The van der Waals surface area contributed by atoms with Gasteiger partial charge in [-0.15, -0.1) is 0 Å². The Balaban J connectivity index is 1.59. The molecule has 2 N–H and O–H groups in total. The van der Waals surface area contributed by atoms with E-state index in [1.807, 2.05) is 24.3 Å². The van der Waals surface area contributed by atoms with E-state index in [1.165, 1.54) is 4.31 Å². The average molecular weight is 351 g/mol. The molecule has 24 heavy (non-hydrogen) atoms. The highest BCUT2D eigenvalue weighted by Crippen LogP contribution is 2.25. The smallest absolute Gasteiger partial charge is 0.251 e. The normalized spacial score (nSPS) is 21.9. The Morgan fingerprint density at radius 2 is 2.00 bits per heavy atom. The molecule has 2 fully saturated rings. The van der Waals surface area contributed by atoms with E-state index >= 15 is 0 Å². The van der Waals surface area contributed by atoms with Gasteiger partial charge in [0.25, 0.3) is 5.91 Å². The number of benzene rings is 1. The van der Waals surface area contributed by atoms with Gasteiger partial charge in [-0.2, -0.15) is 0 Å². The Morgan fingerprint density at radius 1 is 1.25 bits per heavy atom. The molecule has 2 saturated heterocycles. The molecule has 1 amide bonds. The van der Waals surface area contributed by atoms with Crippen LogP contribution in [0.2, 0.25) is 0 Å². The molecule has 2 heterocycles. The Morgan fingerprint density at radius 3 is 2.71 bits per heavy atom. The van der Waals surface area contributed by atoms with Crippen LogP contribution in [0.3, 0.4) is 0 Å². The highest BCUT2D eigenvalue weighted by molar-refractivity contribution is 7.89. The largest absolute Gasteiger partial charge is 0.351 e. The van der Waals surface area contributed by atoms with Crippen molar-refractivity contribution in [3.05, 3.63) is 35.4 Å². The molecule has 0 bridgehead atoms. The van der Waals surface area contributed by atoms with Crippen LogP contribution in [0.15, 0.2) is 24.3 Å². The number of hydrogen-bond donors (Lipinski definition) is 2. The first kappa shape index (κ1) is 17.4. The molecule has 7 heteroatoms. The summed E-state index contributed by atoms with van der Waals surface area (Å²) in [6.07, 6.45) is 2.87. The number of nitrogens with one attached hydrogen (secondary N) is 2. The predicted molar refractivity (Wildman–Crippen MR) is 93.6 cm³/mol. The highest BCUT2D eigenvalue weighted by atomic mass is 32.2. The summed E-state index contributed by atoms with van der Waals surface area (Å²) < 4.78 is 25.9. The van der Waals surface area contributed by atoms with Gasteiger partial charge in [-0.3, -0.25) is 4.79 Å². The van der Waals surface area contributed by atoms with E-state index in [9.17, 15) is 13.2 Å². The molecule has 2 aliphatic heterocycles. The molecule has 1 aromatic rings. The molecule has 0 aromatic heterocycles. The highest BCUT2D eigenvalue weighted by Gasteiger charge is 2.25. The summed E-state index contributed by atoms with van der Waals surface area (Å²) in [5.74, 6) is 0.126. The van der Waals surface area contributed by atoms with Crippen molar-refractivity contribution >= 4 is 15.9 Å². The van der Waals surface area contributed by atoms with Crippen molar-refractivity contribution in [2.75, 3.05) is 38.5 Å². The lowest BCUT2D eigenvalue weighted by molar-refractivity contribution is 0.0954. The maximum absolute atomic E-state index is 12.5. The van der Waals surface area contributed by atoms with E-state index in [0.29, 0.717) is 24.6 Å². The van der Waals surface area contributed by atoms with Crippen molar-refractivity contribution in [3.63, 3.8) is 0 Å². The fourth-order valence-electron chi connectivity index (χ4n) is 3.46. The van der Waals surface area contributed by atoms with E-state index in [1.54, 1.807) is 0 Å². The van der Waals surface area contributed by atoms with Crippen LogP contribution in [0.4, 0.5) is 0 Å². The van der Waals surface area contributed by atoms with Gasteiger partial charge in [0, 0.05) is 31.7 Å². The van der Waals surface area contributed by atoms with Gasteiger partial charge in [0.2, 0.25) is 10.0 Å². The molecule has 6 nitrogen and oxygen atoms in total. The second-order valence-electron chi connectivity index (χ2n) is 6.46. The van der Waals surface area contributed by atoms with E-state index in [2.05, 4.69) is 10.6 Å². The van der Waals surface area contributed by atoms with Gasteiger partial charge in [0.05, 0.1) is 5.75 Å². The summed E-state index contributed by atoms with van der Waals surface area (Å²) in [7, 11) is -3.26.